The number of hydrogen-bond acceptors (Lipinski definition) is 4. The van der Waals surface area contributed by atoms with Crippen LogP contribution in [0, 0.1) is 6.92 Å². The minimum atomic E-state index is -0.0719. The van der Waals surface area contributed by atoms with Crippen molar-refractivity contribution in [2.45, 2.75) is 32.6 Å². The van der Waals surface area contributed by atoms with Gasteiger partial charge in [0.15, 0.2) is 0 Å². The molecule has 0 bridgehead atoms. The summed E-state index contributed by atoms with van der Waals surface area (Å²) in [6.45, 7) is 5.96. The van der Waals surface area contributed by atoms with E-state index >= 15 is 0 Å². The van der Waals surface area contributed by atoms with E-state index in [2.05, 4.69) is 20.5 Å². The number of aromatic amines is 1. The number of aryl methyl sites for hydroxylation is 1. The highest BCUT2D eigenvalue weighted by atomic mass is 16.5. The maximum atomic E-state index is 12.5. The van der Waals surface area contributed by atoms with Crippen molar-refractivity contribution in [3.8, 4) is 5.75 Å². The maximum absolute atomic E-state index is 12.5. The van der Waals surface area contributed by atoms with Crippen LogP contribution in [-0.2, 0) is 0 Å². The molecule has 7 heteroatoms. The number of nitrogens with zero attached hydrogens (tertiary/aromatic N) is 3. The Kier molecular flexibility index (Phi) is 4.98. The van der Waals surface area contributed by atoms with E-state index in [4.69, 9.17) is 4.74 Å². The second-order valence-electron chi connectivity index (χ2n) is 5.98. The van der Waals surface area contributed by atoms with E-state index in [1.165, 1.54) is 6.33 Å². The third-order valence-electron chi connectivity index (χ3n) is 4.34. The van der Waals surface area contributed by atoms with Crippen LogP contribution in [-0.4, -0.2) is 45.8 Å². The van der Waals surface area contributed by atoms with Gasteiger partial charge in [0, 0.05) is 30.8 Å². The van der Waals surface area contributed by atoms with Gasteiger partial charge in [-0.15, -0.1) is 0 Å². The molecule has 0 saturated carbocycles. The molecule has 0 spiro atoms. The number of amides is 2. The SMILES string of the molecule is CCOc1cc(NC(=O)N2CCC(c3ncn[nH]3)CC2)ccc1C. The lowest BCUT2D eigenvalue weighted by Crippen LogP contribution is -2.40. The monoisotopic (exact) mass is 329 g/mol. The molecule has 0 atom stereocenters. The van der Waals surface area contributed by atoms with Crippen molar-refractivity contribution in [2.75, 3.05) is 25.0 Å². The highest BCUT2D eigenvalue weighted by molar-refractivity contribution is 5.89. The summed E-state index contributed by atoms with van der Waals surface area (Å²) in [5.74, 6) is 2.06. The number of likely N-dealkylation sites (tertiary alicyclic amines) is 1. The van der Waals surface area contributed by atoms with E-state index in [-0.39, 0.29) is 6.03 Å². The topological polar surface area (TPSA) is 83.1 Å². The van der Waals surface area contributed by atoms with Crippen LogP contribution in [0.4, 0.5) is 10.5 Å². The average Bonchev–Trinajstić information content (AvgIpc) is 3.13. The number of rotatable bonds is 4. The zero-order valence-electron chi connectivity index (χ0n) is 14.1. The Balaban J connectivity index is 1.57. The van der Waals surface area contributed by atoms with Crippen molar-refractivity contribution < 1.29 is 9.53 Å². The quantitative estimate of drug-likeness (QED) is 0.903. The molecule has 1 aliphatic rings. The molecular weight excluding hydrogens is 306 g/mol. The summed E-state index contributed by atoms with van der Waals surface area (Å²) in [7, 11) is 0. The molecule has 2 N–H and O–H groups in total. The number of anilines is 1. The number of carbonyl (C=O) groups is 1. The Morgan fingerprint density at radius 2 is 2.21 bits per heavy atom. The largest absolute Gasteiger partial charge is 0.494 e. The molecule has 1 aromatic heterocycles. The summed E-state index contributed by atoms with van der Waals surface area (Å²) in [4.78, 5) is 18.5. The van der Waals surface area contributed by atoms with Gasteiger partial charge in [0.1, 0.15) is 17.9 Å². The van der Waals surface area contributed by atoms with Crippen molar-refractivity contribution >= 4 is 11.7 Å². The number of hydrogen-bond donors (Lipinski definition) is 2. The van der Waals surface area contributed by atoms with Crippen LogP contribution in [0.25, 0.3) is 0 Å². The number of benzene rings is 1. The van der Waals surface area contributed by atoms with Gasteiger partial charge >= 0.3 is 6.03 Å². The van der Waals surface area contributed by atoms with E-state index in [1.54, 1.807) is 0 Å². The fraction of sp³-hybridized carbons (Fsp3) is 0.471. The van der Waals surface area contributed by atoms with Gasteiger partial charge in [0.25, 0.3) is 0 Å². The van der Waals surface area contributed by atoms with Crippen molar-refractivity contribution in [1.29, 1.82) is 0 Å². The second kappa shape index (κ2) is 7.33. The fourth-order valence-electron chi connectivity index (χ4n) is 2.96. The molecule has 1 fully saturated rings. The van der Waals surface area contributed by atoms with Crippen LogP contribution in [0.3, 0.4) is 0 Å². The van der Waals surface area contributed by atoms with Gasteiger partial charge in [0.05, 0.1) is 6.61 Å². The first-order valence-corrected chi connectivity index (χ1v) is 8.32. The highest BCUT2D eigenvalue weighted by Gasteiger charge is 2.25. The molecular formula is C17H23N5O2. The fourth-order valence-corrected chi connectivity index (χ4v) is 2.96. The van der Waals surface area contributed by atoms with Gasteiger partial charge in [-0.1, -0.05) is 6.07 Å². The van der Waals surface area contributed by atoms with E-state index in [1.807, 2.05) is 36.9 Å². The molecule has 0 aliphatic carbocycles. The van der Waals surface area contributed by atoms with Gasteiger partial charge < -0.3 is 15.0 Å². The molecule has 24 heavy (non-hydrogen) atoms. The number of nitrogens with one attached hydrogen (secondary N) is 2. The minimum absolute atomic E-state index is 0.0719. The van der Waals surface area contributed by atoms with Crippen molar-refractivity contribution in [3.63, 3.8) is 0 Å². The summed E-state index contributed by atoms with van der Waals surface area (Å²) >= 11 is 0. The van der Waals surface area contributed by atoms with Gasteiger partial charge in [-0.25, -0.2) is 9.78 Å². The van der Waals surface area contributed by atoms with E-state index < -0.39 is 0 Å². The van der Waals surface area contributed by atoms with E-state index in [9.17, 15) is 4.79 Å². The third kappa shape index (κ3) is 3.67. The molecule has 0 unspecified atom stereocenters. The lowest BCUT2D eigenvalue weighted by Gasteiger charge is -2.31. The summed E-state index contributed by atoms with van der Waals surface area (Å²) in [5.41, 5.74) is 1.81. The predicted octanol–water partition coefficient (Wildman–Crippen LogP) is 2.92. The van der Waals surface area contributed by atoms with Gasteiger partial charge in [-0.05, 0) is 38.3 Å². The first-order chi connectivity index (χ1) is 11.7. The molecule has 2 heterocycles. The molecule has 128 valence electrons. The lowest BCUT2D eigenvalue weighted by atomic mass is 9.96. The highest BCUT2D eigenvalue weighted by Crippen LogP contribution is 2.26. The van der Waals surface area contributed by atoms with E-state index in [0.29, 0.717) is 25.6 Å². The first-order valence-electron chi connectivity index (χ1n) is 8.32. The van der Waals surface area contributed by atoms with Crippen molar-refractivity contribution in [3.05, 3.63) is 35.9 Å². The smallest absolute Gasteiger partial charge is 0.321 e. The van der Waals surface area contributed by atoms with Crippen LogP contribution in [0.5, 0.6) is 5.75 Å². The molecule has 2 amide bonds. The summed E-state index contributed by atoms with van der Waals surface area (Å²) in [5, 5.41) is 9.78. The Morgan fingerprint density at radius 1 is 1.42 bits per heavy atom. The molecule has 0 radical (unpaired) electrons. The Morgan fingerprint density at radius 3 is 2.88 bits per heavy atom. The van der Waals surface area contributed by atoms with Crippen molar-refractivity contribution in [2.24, 2.45) is 0 Å². The minimum Gasteiger partial charge on any atom is -0.494 e. The van der Waals surface area contributed by atoms with Crippen LogP contribution in [0.15, 0.2) is 24.5 Å². The Bertz CT molecular complexity index is 678. The number of urea groups is 1. The zero-order valence-corrected chi connectivity index (χ0v) is 14.1. The molecule has 1 aromatic carbocycles. The van der Waals surface area contributed by atoms with Crippen LogP contribution in [0.2, 0.25) is 0 Å². The Labute approximate surface area is 141 Å². The molecule has 2 aromatic rings. The van der Waals surface area contributed by atoms with Crippen LogP contribution >= 0.6 is 0 Å². The average molecular weight is 329 g/mol. The summed E-state index contributed by atoms with van der Waals surface area (Å²) in [6.07, 6.45) is 3.31. The molecule has 1 saturated heterocycles. The first kappa shape index (κ1) is 16.3. The number of carbonyl (C=O) groups excluding carboxylic acids is 1. The lowest BCUT2D eigenvalue weighted by molar-refractivity contribution is 0.193. The van der Waals surface area contributed by atoms with Crippen LogP contribution in [0.1, 0.15) is 37.1 Å². The molecule has 1 aliphatic heterocycles. The maximum Gasteiger partial charge on any atom is 0.321 e. The summed E-state index contributed by atoms with van der Waals surface area (Å²) in [6, 6.07) is 5.66. The second-order valence-corrected chi connectivity index (χ2v) is 5.98. The third-order valence-corrected chi connectivity index (χ3v) is 4.34. The zero-order chi connectivity index (χ0) is 16.9. The van der Waals surface area contributed by atoms with E-state index in [0.717, 1.165) is 35.7 Å². The number of aromatic nitrogens is 3. The summed E-state index contributed by atoms with van der Waals surface area (Å²) < 4.78 is 5.58. The van der Waals surface area contributed by atoms with Crippen LogP contribution < -0.4 is 10.1 Å². The predicted molar refractivity (Wildman–Crippen MR) is 91.3 cm³/mol. The molecule has 7 nitrogen and oxygen atoms in total. The normalized spacial score (nSPS) is 15.3. The number of ether oxygens (including phenoxy) is 1. The number of piperidine rings is 1. The Hall–Kier alpha value is -2.57. The van der Waals surface area contributed by atoms with Gasteiger partial charge in [-0.2, -0.15) is 5.10 Å². The van der Waals surface area contributed by atoms with Crippen molar-refractivity contribution in [1.82, 2.24) is 20.1 Å². The molecule has 3 rings (SSSR count). The number of H-pyrrole nitrogens is 1. The standard InChI is InChI=1S/C17H23N5O2/c1-3-24-15-10-14(5-4-12(15)2)20-17(23)22-8-6-13(7-9-22)16-18-11-19-21-16/h4-5,10-11,13H,3,6-9H2,1-2H3,(H,20,23)(H,18,19,21). The van der Waals surface area contributed by atoms with Gasteiger partial charge in [0.2, 0.25) is 0 Å². The van der Waals surface area contributed by atoms with Gasteiger partial charge in [-0.3, -0.25) is 5.10 Å².